The van der Waals surface area contributed by atoms with Crippen LogP contribution in [0.2, 0.25) is 0 Å². The molecule has 1 fully saturated rings. The first-order chi connectivity index (χ1) is 13.8. The molecule has 5 nitrogen and oxygen atoms in total. The lowest BCUT2D eigenvalue weighted by Gasteiger charge is -2.33. The first-order valence-corrected chi connectivity index (χ1v) is 10.9. The standard InChI is InChI=1S/C23H34N4O/c1-2-3-5-9-20-10-8-13-22(20)24-25-23(28)14-15-26-16-18-27(19-17-26)21-11-6-4-7-12-21/h4,6-7,10-12H,2-3,5,8-9,13-19H2,1H3,(H,25,28)/p+1/b24-22-. The van der Waals surface area contributed by atoms with Crippen LogP contribution in [0.15, 0.2) is 47.1 Å². The minimum absolute atomic E-state index is 0.0466. The number of hydrogen-bond acceptors (Lipinski definition) is 3. The van der Waals surface area contributed by atoms with E-state index in [1.807, 2.05) is 0 Å². The van der Waals surface area contributed by atoms with Crippen LogP contribution in [-0.2, 0) is 4.79 Å². The van der Waals surface area contributed by atoms with Crippen LogP contribution in [0.5, 0.6) is 0 Å². The van der Waals surface area contributed by atoms with Gasteiger partial charge in [-0.05, 0) is 43.4 Å². The molecule has 1 heterocycles. The number of amides is 1. The summed E-state index contributed by atoms with van der Waals surface area (Å²) in [4.78, 5) is 16.2. The quantitative estimate of drug-likeness (QED) is 0.509. The van der Waals surface area contributed by atoms with Gasteiger partial charge < -0.3 is 9.80 Å². The molecule has 3 rings (SSSR count). The van der Waals surface area contributed by atoms with Crippen LogP contribution in [0.25, 0.3) is 0 Å². The predicted molar refractivity (Wildman–Crippen MR) is 116 cm³/mol. The number of quaternary nitrogens is 1. The zero-order valence-electron chi connectivity index (χ0n) is 17.3. The molecule has 1 saturated heterocycles. The molecule has 0 aromatic heterocycles. The van der Waals surface area contributed by atoms with Crippen molar-refractivity contribution in [1.29, 1.82) is 0 Å². The van der Waals surface area contributed by atoms with E-state index in [1.54, 1.807) is 0 Å². The minimum Gasteiger partial charge on any atom is -0.360 e. The second kappa shape index (κ2) is 11.0. The smallest absolute Gasteiger partial charge is 0.245 e. The molecule has 1 amide bonds. The van der Waals surface area contributed by atoms with Gasteiger partial charge in [0.15, 0.2) is 0 Å². The number of nitrogens with one attached hydrogen (secondary N) is 2. The second-order valence-electron chi connectivity index (χ2n) is 7.89. The van der Waals surface area contributed by atoms with Gasteiger partial charge in [-0.15, -0.1) is 0 Å². The van der Waals surface area contributed by atoms with Gasteiger partial charge in [-0.1, -0.05) is 44.0 Å². The van der Waals surface area contributed by atoms with Gasteiger partial charge in [0.2, 0.25) is 5.91 Å². The van der Waals surface area contributed by atoms with Crippen molar-refractivity contribution in [2.24, 2.45) is 5.10 Å². The highest BCUT2D eigenvalue weighted by atomic mass is 16.2. The highest BCUT2D eigenvalue weighted by Crippen LogP contribution is 2.21. The van der Waals surface area contributed by atoms with Gasteiger partial charge in [-0.2, -0.15) is 5.10 Å². The number of piperazine rings is 1. The van der Waals surface area contributed by atoms with Crippen molar-refractivity contribution >= 4 is 17.3 Å². The van der Waals surface area contributed by atoms with E-state index in [4.69, 9.17) is 0 Å². The summed E-state index contributed by atoms with van der Waals surface area (Å²) in [5.41, 5.74) is 6.54. The summed E-state index contributed by atoms with van der Waals surface area (Å²) < 4.78 is 0. The largest absolute Gasteiger partial charge is 0.360 e. The van der Waals surface area contributed by atoms with Crippen LogP contribution in [0.1, 0.15) is 51.9 Å². The van der Waals surface area contributed by atoms with Gasteiger partial charge in [0.1, 0.15) is 0 Å². The van der Waals surface area contributed by atoms with Crippen molar-refractivity contribution in [3.05, 3.63) is 42.0 Å². The van der Waals surface area contributed by atoms with E-state index in [0.29, 0.717) is 6.42 Å². The van der Waals surface area contributed by atoms with Crippen molar-refractivity contribution in [2.45, 2.75) is 51.9 Å². The van der Waals surface area contributed by atoms with E-state index in [0.717, 1.165) is 57.7 Å². The number of allylic oxidation sites excluding steroid dienone is 2. The van der Waals surface area contributed by atoms with E-state index in [-0.39, 0.29) is 5.91 Å². The van der Waals surface area contributed by atoms with E-state index in [2.05, 4.69) is 58.8 Å². The molecule has 0 radical (unpaired) electrons. The molecule has 0 spiro atoms. The number of unbranched alkanes of at least 4 members (excludes halogenated alkanes) is 2. The molecule has 0 unspecified atom stereocenters. The van der Waals surface area contributed by atoms with Crippen LogP contribution < -0.4 is 15.2 Å². The van der Waals surface area contributed by atoms with Crippen LogP contribution in [0, 0.1) is 0 Å². The van der Waals surface area contributed by atoms with Gasteiger partial charge in [0.05, 0.1) is 44.9 Å². The topological polar surface area (TPSA) is 49.1 Å². The summed E-state index contributed by atoms with van der Waals surface area (Å²) in [6.45, 7) is 7.38. The minimum atomic E-state index is 0.0466. The highest BCUT2D eigenvalue weighted by molar-refractivity contribution is 6.02. The maximum Gasteiger partial charge on any atom is 0.245 e. The third-order valence-corrected chi connectivity index (χ3v) is 5.81. The molecule has 0 atom stereocenters. The van der Waals surface area contributed by atoms with Crippen LogP contribution in [-0.4, -0.2) is 44.3 Å². The van der Waals surface area contributed by atoms with Crippen molar-refractivity contribution < 1.29 is 9.69 Å². The Morgan fingerprint density at radius 2 is 1.96 bits per heavy atom. The Kier molecular flexibility index (Phi) is 8.09. The fraction of sp³-hybridized carbons (Fsp3) is 0.565. The molecular formula is C23H35N4O+. The number of hydrogen-bond donors (Lipinski definition) is 2. The Hall–Kier alpha value is -2.14. The van der Waals surface area contributed by atoms with E-state index >= 15 is 0 Å². The lowest BCUT2D eigenvalue weighted by molar-refractivity contribution is -0.900. The molecule has 2 aliphatic rings. The van der Waals surface area contributed by atoms with Gasteiger partial charge in [0.25, 0.3) is 0 Å². The molecule has 1 aliphatic heterocycles. The van der Waals surface area contributed by atoms with Crippen LogP contribution in [0.3, 0.4) is 0 Å². The lowest BCUT2D eigenvalue weighted by atomic mass is 10.1. The normalized spacial score (nSPS) is 19.1. The van der Waals surface area contributed by atoms with Gasteiger partial charge in [-0.25, -0.2) is 5.43 Å². The summed E-state index contributed by atoms with van der Waals surface area (Å²) >= 11 is 0. The average Bonchev–Trinajstić information content (AvgIpc) is 3.19. The third kappa shape index (κ3) is 6.20. The molecular weight excluding hydrogens is 348 g/mol. The Bertz CT molecular complexity index is 675. The van der Waals surface area contributed by atoms with Crippen molar-refractivity contribution in [3.63, 3.8) is 0 Å². The summed E-state index contributed by atoms with van der Waals surface area (Å²) in [6.07, 6.45) is 9.67. The SMILES string of the molecule is CCCCCC1=CCC/C1=N/NC(=O)CC[NH+]1CCN(c2ccccc2)CC1. The molecule has 1 aromatic carbocycles. The summed E-state index contributed by atoms with van der Waals surface area (Å²) in [5.74, 6) is 0.0466. The second-order valence-corrected chi connectivity index (χ2v) is 7.89. The molecule has 5 heteroatoms. The molecule has 1 aliphatic carbocycles. The molecule has 28 heavy (non-hydrogen) atoms. The summed E-state index contributed by atoms with van der Waals surface area (Å²) in [6, 6.07) is 10.6. The Morgan fingerprint density at radius 1 is 1.18 bits per heavy atom. The number of benzene rings is 1. The number of anilines is 1. The van der Waals surface area contributed by atoms with Gasteiger partial charge in [0, 0.05) is 5.69 Å². The van der Waals surface area contributed by atoms with E-state index < -0.39 is 0 Å². The zero-order chi connectivity index (χ0) is 19.6. The first-order valence-electron chi connectivity index (χ1n) is 10.9. The average molecular weight is 384 g/mol. The van der Waals surface area contributed by atoms with Crippen LogP contribution in [0.4, 0.5) is 5.69 Å². The Balaban J connectivity index is 1.35. The number of para-hydroxylation sites is 1. The third-order valence-electron chi connectivity index (χ3n) is 5.81. The highest BCUT2D eigenvalue weighted by Gasteiger charge is 2.20. The molecule has 0 saturated carbocycles. The predicted octanol–water partition coefficient (Wildman–Crippen LogP) is 2.55. The summed E-state index contributed by atoms with van der Waals surface area (Å²) in [5, 5.41) is 4.43. The Morgan fingerprint density at radius 3 is 2.71 bits per heavy atom. The van der Waals surface area contributed by atoms with Crippen LogP contribution >= 0.6 is 0 Å². The number of hydrazone groups is 1. The molecule has 152 valence electrons. The van der Waals surface area contributed by atoms with Crippen molar-refractivity contribution in [2.75, 3.05) is 37.6 Å². The maximum absolute atomic E-state index is 12.2. The fourth-order valence-electron chi connectivity index (χ4n) is 4.05. The molecule has 1 aromatic rings. The molecule has 2 N–H and O–H groups in total. The Labute approximate surface area is 169 Å². The lowest BCUT2D eigenvalue weighted by Crippen LogP contribution is -3.15. The monoisotopic (exact) mass is 383 g/mol. The molecule has 0 bridgehead atoms. The number of nitrogens with zero attached hydrogens (tertiary/aromatic N) is 2. The van der Waals surface area contributed by atoms with Gasteiger partial charge in [-0.3, -0.25) is 4.79 Å². The van der Waals surface area contributed by atoms with Crippen molar-refractivity contribution in [3.8, 4) is 0 Å². The number of rotatable bonds is 9. The zero-order valence-corrected chi connectivity index (χ0v) is 17.3. The number of carbonyl (C=O) groups is 1. The van der Waals surface area contributed by atoms with Crippen molar-refractivity contribution in [1.82, 2.24) is 5.43 Å². The summed E-state index contributed by atoms with van der Waals surface area (Å²) in [7, 11) is 0. The fourth-order valence-corrected chi connectivity index (χ4v) is 4.05. The first kappa shape index (κ1) is 20.6. The van der Waals surface area contributed by atoms with E-state index in [9.17, 15) is 4.79 Å². The van der Waals surface area contributed by atoms with Gasteiger partial charge >= 0.3 is 0 Å². The van der Waals surface area contributed by atoms with E-state index in [1.165, 1.54) is 35.4 Å². The maximum atomic E-state index is 12.2. The number of carbonyl (C=O) groups excluding carboxylic acids is 1.